The van der Waals surface area contributed by atoms with Crippen molar-refractivity contribution < 1.29 is 9.90 Å². The van der Waals surface area contributed by atoms with Crippen molar-refractivity contribution in [1.82, 2.24) is 0 Å². The molecule has 0 saturated heterocycles. The first-order chi connectivity index (χ1) is 8.49. The highest BCUT2D eigenvalue weighted by molar-refractivity contribution is 5.68. The monoisotopic (exact) mass is 248 g/mol. The van der Waals surface area contributed by atoms with Gasteiger partial charge in [0.25, 0.3) is 0 Å². The zero-order chi connectivity index (χ0) is 13.7. The Hall–Kier alpha value is -1.31. The highest BCUT2D eigenvalue weighted by Crippen LogP contribution is 2.34. The third-order valence-electron chi connectivity index (χ3n) is 3.84. The molecule has 0 spiro atoms. The number of carboxylic acids is 1. The van der Waals surface area contributed by atoms with Crippen molar-refractivity contribution in [2.75, 3.05) is 0 Å². The van der Waals surface area contributed by atoms with Crippen LogP contribution in [0, 0.1) is 19.8 Å². The maximum Gasteiger partial charge on any atom is 0.303 e. The van der Waals surface area contributed by atoms with Crippen molar-refractivity contribution in [3.63, 3.8) is 0 Å². The van der Waals surface area contributed by atoms with Gasteiger partial charge in [0.15, 0.2) is 0 Å². The van der Waals surface area contributed by atoms with Crippen LogP contribution in [-0.4, -0.2) is 11.1 Å². The molecule has 0 bridgehead atoms. The summed E-state index contributed by atoms with van der Waals surface area (Å²) in [5.41, 5.74) is 3.65. The van der Waals surface area contributed by atoms with Crippen LogP contribution in [-0.2, 0) is 4.79 Å². The minimum absolute atomic E-state index is 0.137. The quantitative estimate of drug-likeness (QED) is 0.815. The van der Waals surface area contributed by atoms with E-state index >= 15 is 0 Å². The topological polar surface area (TPSA) is 37.3 Å². The first-order valence-corrected chi connectivity index (χ1v) is 6.78. The summed E-state index contributed by atoms with van der Waals surface area (Å²) >= 11 is 0. The number of rotatable bonds is 6. The molecule has 100 valence electrons. The van der Waals surface area contributed by atoms with E-state index in [-0.39, 0.29) is 12.3 Å². The third kappa shape index (κ3) is 3.59. The number of carboxylic acid groups (broad SMARTS) is 1. The normalized spacial score (nSPS) is 12.7. The molecule has 1 unspecified atom stereocenters. The molecule has 0 saturated carbocycles. The van der Waals surface area contributed by atoms with Gasteiger partial charge in [-0.25, -0.2) is 0 Å². The highest BCUT2D eigenvalue weighted by atomic mass is 16.4. The van der Waals surface area contributed by atoms with Crippen LogP contribution in [0.15, 0.2) is 18.2 Å². The highest BCUT2D eigenvalue weighted by Gasteiger charge is 2.24. The fraction of sp³-hybridized carbons (Fsp3) is 0.562. The second-order valence-corrected chi connectivity index (χ2v) is 5.14. The van der Waals surface area contributed by atoms with Gasteiger partial charge in [-0.15, -0.1) is 0 Å². The molecule has 1 atom stereocenters. The van der Waals surface area contributed by atoms with Crippen molar-refractivity contribution in [3.05, 3.63) is 34.9 Å². The van der Waals surface area contributed by atoms with Crippen LogP contribution in [0.2, 0.25) is 0 Å². The summed E-state index contributed by atoms with van der Waals surface area (Å²) in [6.07, 6.45) is 2.29. The molecule has 0 aromatic heterocycles. The molecule has 18 heavy (non-hydrogen) atoms. The van der Waals surface area contributed by atoms with Gasteiger partial charge in [0.1, 0.15) is 0 Å². The first kappa shape index (κ1) is 14.7. The molecular formula is C16H24O2. The lowest BCUT2D eigenvalue weighted by molar-refractivity contribution is -0.137. The van der Waals surface area contributed by atoms with Crippen molar-refractivity contribution in [2.45, 2.75) is 52.9 Å². The SMILES string of the molecule is CCC(CC)C(CC(=O)O)c1ccc(C)cc1C. The van der Waals surface area contributed by atoms with Gasteiger partial charge in [-0.1, -0.05) is 50.5 Å². The summed E-state index contributed by atoms with van der Waals surface area (Å²) < 4.78 is 0. The van der Waals surface area contributed by atoms with Crippen molar-refractivity contribution in [2.24, 2.45) is 5.92 Å². The molecule has 0 fully saturated rings. The predicted octanol–water partition coefficient (Wildman–Crippen LogP) is 4.30. The van der Waals surface area contributed by atoms with Crippen LogP contribution in [0.1, 0.15) is 55.7 Å². The van der Waals surface area contributed by atoms with Crippen LogP contribution in [0.25, 0.3) is 0 Å². The van der Waals surface area contributed by atoms with Gasteiger partial charge in [-0.05, 0) is 36.8 Å². The van der Waals surface area contributed by atoms with Crippen LogP contribution < -0.4 is 0 Å². The van der Waals surface area contributed by atoms with E-state index in [1.165, 1.54) is 16.7 Å². The van der Waals surface area contributed by atoms with Crippen molar-refractivity contribution in [3.8, 4) is 0 Å². The van der Waals surface area contributed by atoms with E-state index in [9.17, 15) is 4.79 Å². The number of hydrogen-bond acceptors (Lipinski definition) is 1. The third-order valence-corrected chi connectivity index (χ3v) is 3.84. The van der Waals surface area contributed by atoms with Crippen LogP contribution in [0.5, 0.6) is 0 Å². The Morgan fingerprint density at radius 2 is 1.83 bits per heavy atom. The average molecular weight is 248 g/mol. The molecule has 0 aliphatic heterocycles. The summed E-state index contributed by atoms with van der Waals surface area (Å²) in [7, 11) is 0. The van der Waals surface area contributed by atoms with Crippen molar-refractivity contribution >= 4 is 5.97 Å². The Kier molecular flexibility index (Phi) is 5.39. The van der Waals surface area contributed by atoms with E-state index in [1.54, 1.807) is 0 Å². The van der Waals surface area contributed by atoms with E-state index < -0.39 is 5.97 Å². The molecular weight excluding hydrogens is 224 g/mol. The van der Waals surface area contributed by atoms with Gasteiger partial charge in [-0.2, -0.15) is 0 Å². The maximum atomic E-state index is 11.1. The van der Waals surface area contributed by atoms with E-state index in [2.05, 4.69) is 45.9 Å². The summed E-state index contributed by atoms with van der Waals surface area (Å²) in [6, 6.07) is 6.34. The lowest BCUT2D eigenvalue weighted by atomic mass is 9.79. The molecule has 1 N–H and O–H groups in total. The van der Waals surface area contributed by atoms with E-state index in [0.717, 1.165) is 12.8 Å². The van der Waals surface area contributed by atoms with Crippen molar-refractivity contribution in [1.29, 1.82) is 0 Å². The molecule has 0 radical (unpaired) electrons. The maximum absolute atomic E-state index is 11.1. The van der Waals surface area contributed by atoms with Gasteiger partial charge in [-0.3, -0.25) is 4.79 Å². The van der Waals surface area contributed by atoms with Crippen LogP contribution >= 0.6 is 0 Å². The zero-order valence-corrected chi connectivity index (χ0v) is 11.9. The summed E-state index contributed by atoms with van der Waals surface area (Å²) in [5, 5.41) is 9.13. The van der Waals surface area contributed by atoms with Gasteiger partial charge in [0.2, 0.25) is 0 Å². The summed E-state index contributed by atoms with van der Waals surface area (Å²) in [5.74, 6) is -0.118. The Balaban J connectivity index is 3.11. The molecule has 2 nitrogen and oxygen atoms in total. The fourth-order valence-electron chi connectivity index (χ4n) is 2.82. The smallest absolute Gasteiger partial charge is 0.303 e. The Morgan fingerprint density at radius 1 is 1.22 bits per heavy atom. The lowest BCUT2D eigenvalue weighted by Gasteiger charge is -2.26. The molecule has 1 aromatic rings. The molecule has 1 rings (SSSR count). The Labute approximate surface area is 110 Å². The minimum Gasteiger partial charge on any atom is -0.481 e. The number of carbonyl (C=O) groups is 1. The number of aryl methyl sites for hydroxylation is 2. The zero-order valence-electron chi connectivity index (χ0n) is 11.9. The first-order valence-electron chi connectivity index (χ1n) is 6.78. The van der Waals surface area contributed by atoms with Gasteiger partial charge in [0, 0.05) is 0 Å². The molecule has 1 aromatic carbocycles. The van der Waals surface area contributed by atoms with E-state index in [1.807, 2.05) is 0 Å². The molecule has 0 amide bonds. The summed E-state index contributed by atoms with van der Waals surface area (Å²) in [6.45, 7) is 8.44. The second-order valence-electron chi connectivity index (χ2n) is 5.14. The Morgan fingerprint density at radius 3 is 2.28 bits per heavy atom. The standard InChI is InChI=1S/C16H24O2/c1-5-13(6-2)15(10-16(17)18)14-8-7-11(3)9-12(14)4/h7-9,13,15H,5-6,10H2,1-4H3,(H,17,18). The van der Waals surface area contributed by atoms with E-state index in [4.69, 9.17) is 5.11 Å². The fourth-order valence-corrected chi connectivity index (χ4v) is 2.82. The summed E-state index contributed by atoms with van der Waals surface area (Å²) in [4.78, 5) is 11.1. The number of benzene rings is 1. The number of aliphatic carboxylic acids is 1. The molecule has 0 aliphatic rings. The van der Waals surface area contributed by atoms with Crippen LogP contribution in [0.3, 0.4) is 0 Å². The molecule has 0 aliphatic carbocycles. The molecule has 0 heterocycles. The second kappa shape index (κ2) is 6.58. The predicted molar refractivity (Wildman–Crippen MR) is 75.0 cm³/mol. The lowest BCUT2D eigenvalue weighted by Crippen LogP contribution is -2.17. The number of hydrogen-bond donors (Lipinski definition) is 1. The molecule has 2 heteroatoms. The van der Waals surface area contributed by atoms with Gasteiger partial charge in [0.05, 0.1) is 6.42 Å². The largest absolute Gasteiger partial charge is 0.481 e. The van der Waals surface area contributed by atoms with Gasteiger partial charge >= 0.3 is 5.97 Å². The average Bonchev–Trinajstić information content (AvgIpc) is 2.29. The van der Waals surface area contributed by atoms with Gasteiger partial charge < -0.3 is 5.11 Å². The van der Waals surface area contributed by atoms with E-state index in [0.29, 0.717) is 5.92 Å². The minimum atomic E-state index is -0.702. The van der Waals surface area contributed by atoms with Crippen LogP contribution in [0.4, 0.5) is 0 Å². The Bertz CT molecular complexity index is 406.